The molecule has 7 heteroatoms. The molecule has 0 amide bonds. The van der Waals surface area contributed by atoms with E-state index >= 15 is 0 Å². The maximum absolute atomic E-state index is 12.6. The van der Waals surface area contributed by atoms with Gasteiger partial charge in [-0.15, -0.1) is 0 Å². The summed E-state index contributed by atoms with van der Waals surface area (Å²) >= 11 is 0. The predicted octanol–water partition coefficient (Wildman–Crippen LogP) is 0.750. The largest absolute Gasteiger partial charge is 0.363 e. The Morgan fingerprint density at radius 1 is 1.35 bits per heavy atom. The van der Waals surface area contributed by atoms with E-state index < -0.39 is 5.69 Å². The van der Waals surface area contributed by atoms with E-state index in [1.807, 2.05) is 0 Å². The van der Waals surface area contributed by atoms with E-state index in [0.717, 1.165) is 5.56 Å². The molecule has 2 rings (SSSR count). The van der Waals surface area contributed by atoms with Crippen molar-refractivity contribution >= 4 is 12.0 Å². The Kier molecular flexibility index (Phi) is 3.20. The molecule has 0 spiro atoms. The fraction of sp³-hybridized carbons (Fsp3) is 0. The van der Waals surface area contributed by atoms with Gasteiger partial charge in [0.1, 0.15) is 5.82 Å². The zero-order valence-corrected chi connectivity index (χ0v) is 8.59. The van der Waals surface area contributed by atoms with Crippen molar-refractivity contribution in [1.82, 2.24) is 15.2 Å². The summed E-state index contributed by atoms with van der Waals surface area (Å²) in [5, 5.41) is 9.50. The molecule has 0 saturated carbocycles. The summed E-state index contributed by atoms with van der Waals surface area (Å²) in [7, 11) is 0. The summed E-state index contributed by atoms with van der Waals surface area (Å²) in [5.74, 6) is -0.0809. The van der Waals surface area contributed by atoms with Crippen molar-refractivity contribution in [3.63, 3.8) is 0 Å². The maximum atomic E-state index is 12.6. The Bertz CT molecular complexity index is 578. The first-order valence-electron chi connectivity index (χ1n) is 4.70. The highest BCUT2D eigenvalue weighted by Gasteiger charge is 1.92. The normalized spacial score (nSPS) is 10.6. The standard InChI is InChI=1S/C10H8FN5O/c11-8-3-1-7(2-4-8)5-12-15-9-6-13-16-10(17)14-9/h1-6H,(H2,14,15,16,17). The van der Waals surface area contributed by atoms with Crippen molar-refractivity contribution in [3.8, 4) is 0 Å². The molecule has 0 saturated heterocycles. The molecule has 0 aliphatic rings. The van der Waals surface area contributed by atoms with Gasteiger partial charge in [-0.2, -0.15) is 15.2 Å². The molecule has 1 heterocycles. The molecule has 0 unspecified atom stereocenters. The van der Waals surface area contributed by atoms with Crippen LogP contribution in [-0.2, 0) is 0 Å². The van der Waals surface area contributed by atoms with Gasteiger partial charge in [0.25, 0.3) is 0 Å². The Balaban J connectivity index is 2.02. The van der Waals surface area contributed by atoms with Gasteiger partial charge in [-0.25, -0.2) is 14.3 Å². The first kappa shape index (κ1) is 10.9. The molecule has 0 aliphatic carbocycles. The molecular formula is C10H8FN5O. The second-order valence-electron chi connectivity index (χ2n) is 3.09. The van der Waals surface area contributed by atoms with Crippen molar-refractivity contribution in [2.75, 3.05) is 5.43 Å². The van der Waals surface area contributed by atoms with E-state index in [2.05, 4.69) is 25.7 Å². The van der Waals surface area contributed by atoms with E-state index in [1.54, 1.807) is 12.1 Å². The summed E-state index contributed by atoms with van der Waals surface area (Å²) < 4.78 is 12.6. The number of benzene rings is 1. The topological polar surface area (TPSA) is 83.0 Å². The zero-order chi connectivity index (χ0) is 12.1. The van der Waals surface area contributed by atoms with Crippen LogP contribution in [-0.4, -0.2) is 21.4 Å². The number of hydrogen-bond acceptors (Lipinski definition) is 5. The molecular weight excluding hydrogens is 225 g/mol. The van der Waals surface area contributed by atoms with Gasteiger partial charge in [-0.3, -0.25) is 5.43 Å². The zero-order valence-electron chi connectivity index (χ0n) is 8.59. The van der Waals surface area contributed by atoms with E-state index in [-0.39, 0.29) is 11.6 Å². The number of aromatic nitrogens is 3. The Labute approximate surface area is 95.2 Å². The van der Waals surface area contributed by atoms with Crippen molar-refractivity contribution < 1.29 is 4.39 Å². The van der Waals surface area contributed by atoms with E-state index in [1.165, 1.54) is 24.5 Å². The van der Waals surface area contributed by atoms with Gasteiger partial charge in [-0.05, 0) is 17.7 Å². The third-order valence-electron chi connectivity index (χ3n) is 1.83. The van der Waals surface area contributed by atoms with Gasteiger partial charge in [-0.1, -0.05) is 12.1 Å². The summed E-state index contributed by atoms with van der Waals surface area (Å²) in [6.45, 7) is 0. The Hall–Kier alpha value is -2.57. The summed E-state index contributed by atoms with van der Waals surface area (Å²) in [6.07, 6.45) is 2.80. The Morgan fingerprint density at radius 3 is 2.82 bits per heavy atom. The van der Waals surface area contributed by atoms with Crippen LogP contribution in [0.1, 0.15) is 5.56 Å². The number of anilines is 1. The smallest absolute Gasteiger partial charge is 0.260 e. The molecule has 6 nitrogen and oxygen atoms in total. The quantitative estimate of drug-likeness (QED) is 0.605. The minimum absolute atomic E-state index is 0.229. The van der Waals surface area contributed by atoms with Crippen LogP contribution in [0.25, 0.3) is 0 Å². The summed E-state index contributed by atoms with van der Waals surface area (Å²) in [6, 6.07) is 5.80. The van der Waals surface area contributed by atoms with E-state index in [9.17, 15) is 9.18 Å². The summed E-state index contributed by atoms with van der Waals surface area (Å²) in [5.41, 5.74) is 2.69. The lowest BCUT2D eigenvalue weighted by Gasteiger charge is -1.96. The first-order chi connectivity index (χ1) is 8.24. The van der Waals surface area contributed by atoms with Gasteiger partial charge in [0.2, 0.25) is 0 Å². The number of halogens is 1. The second kappa shape index (κ2) is 4.97. The number of hydrazone groups is 1. The number of nitrogens with one attached hydrogen (secondary N) is 2. The van der Waals surface area contributed by atoms with Gasteiger partial charge in [0.15, 0.2) is 5.82 Å². The lowest BCUT2D eigenvalue weighted by atomic mass is 10.2. The van der Waals surface area contributed by atoms with Crippen LogP contribution in [0.4, 0.5) is 10.2 Å². The van der Waals surface area contributed by atoms with Gasteiger partial charge in [0, 0.05) is 0 Å². The number of hydrogen-bond donors (Lipinski definition) is 2. The third kappa shape index (κ3) is 3.20. The van der Waals surface area contributed by atoms with E-state index in [4.69, 9.17) is 0 Å². The highest BCUT2D eigenvalue weighted by molar-refractivity contribution is 5.79. The van der Waals surface area contributed by atoms with Crippen LogP contribution < -0.4 is 11.1 Å². The average Bonchev–Trinajstić information content (AvgIpc) is 2.32. The van der Waals surface area contributed by atoms with Crippen molar-refractivity contribution in [3.05, 3.63) is 52.3 Å². The van der Waals surface area contributed by atoms with Crippen LogP contribution in [0.5, 0.6) is 0 Å². The molecule has 0 fully saturated rings. The molecule has 2 N–H and O–H groups in total. The molecule has 0 radical (unpaired) electrons. The van der Waals surface area contributed by atoms with Gasteiger partial charge >= 0.3 is 5.69 Å². The SMILES string of the molecule is O=c1nc(NN=Cc2ccc(F)cc2)cn[nH]1. The highest BCUT2D eigenvalue weighted by atomic mass is 19.1. The maximum Gasteiger partial charge on any atom is 0.363 e. The molecule has 2 aromatic rings. The fourth-order valence-corrected chi connectivity index (χ4v) is 1.09. The van der Waals surface area contributed by atoms with Gasteiger partial charge < -0.3 is 0 Å². The number of H-pyrrole nitrogens is 1. The van der Waals surface area contributed by atoms with Crippen LogP contribution in [0.2, 0.25) is 0 Å². The molecule has 17 heavy (non-hydrogen) atoms. The highest BCUT2D eigenvalue weighted by Crippen LogP contribution is 2.00. The predicted molar refractivity (Wildman–Crippen MR) is 60.3 cm³/mol. The van der Waals surface area contributed by atoms with Crippen molar-refractivity contribution in [2.24, 2.45) is 5.10 Å². The van der Waals surface area contributed by atoms with Crippen molar-refractivity contribution in [2.45, 2.75) is 0 Å². The third-order valence-corrected chi connectivity index (χ3v) is 1.83. The Morgan fingerprint density at radius 2 is 2.12 bits per heavy atom. The summed E-state index contributed by atoms with van der Waals surface area (Å²) in [4.78, 5) is 14.4. The lowest BCUT2D eigenvalue weighted by molar-refractivity contribution is 0.628. The number of rotatable bonds is 3. The molecule has 0 atom stereocenters. The number of aromatic amines is 1. The molecule has 86 valence electrons. The van der Waals surface area contributed by atoms with Crippen LogP contribution in [0.15, 0.2) is 40.4 Å². The van der Waals surface area contributed by atoms with Crippen LogP contribution >= 0.6 is 0 Å². The molecule has 0 bridgehead atoms. The lowest BCUT2D eigenvalue weighted by Crippen LogP contribution is -2.13. The van der Waals surface area contributed by atoms with Crippen LogP contribution in [0, 0.1) is 5.82 Å². The fourth-order valence-electron chi connectivity index (χ4n) is 1.09. The average molecular weight is 233 g/mol. The monoisotopic (exact) mass is 233 g/mol. The van der Waals surface area contributed by atoms with Gasteiger partial charge in [0.05, 0.1) is 12.4 Å². The molecule has 1 aromatic carbocycles. The van der Waals surface area contributed by atoms with E-state index in [0.29, 0.717) is 0 Å². The van der Waals surface area contributed by atoms with Crippen LogP contribution in [0.3, 0.4) is 0 Å². The second-order valence-corrected chi connectivity index (χ2v) is 3.09. The minimum Gasteiger partial charge on any atom is -0.260 e. The molecule has 1 aromatic heterocycles. The minimum atomic E-state index is -0.563. The first-order valence-corrected chi connectivity index (χ1v) is 4.70. The number of nitrogens with zero attached hydrogens (tertiary/aromatic N) is 3. The van der Waals surface area contributed by atoms with Crippen molar-refractivity contribution in [1.29, 1.82) is 0 Å². The molecule has 0 aliphatic heterocycles.